The Hall–Kier alpha value is -2.12. The molecule has 0 bridgehead atoms. The van der Waals surface area contributed by atoms with Crippen molar-refractivity contribution in [2.24, 2.45) is 7.05 Å². The fourth-order valence-corrected chi connectivity index (χ4v) is 1.81. The Labute approximate surface area is 117 Å². The highest BCUT2D eigenvalue weighted by Gasteiger charge is 2.28. The van der Waals surface area contributed by atoms with Gasteiger partial charge in [-0.05, 0) is 0 Å². The summed E-state index contributed by atoms with van der Waals surface area (Å²) in [7, 11) is 4.99. The first-order valence-electron chi connectivity index (χ1n) is 6.41. The van der Waals surface area contributed by atoms with Gasteiger partial charge in [0.15, 0.2) is 0 Å². The van der Waals surface area contributed by atoms with Crippen LogP contribution in [0.15, 0.2) is 0 Å². The molecule has 1 N–H and O–H groups in total. The topological polar surface area (TPSA) is 93.3 Å². The van der Waals surface area contributed by atoms with E-state index in [1.165, 1.54) is 9.58 Å². The zero-order valence-electron chi connectivity index (χ0n) is 12.5. The molecule has 8 nitrogen and oxygen atoms in total. The van der Waals surface area contributed by atoms with E-state index in [0.717, 1.165) is 0 Å². The van der Waals surface area contributed by atoms with Crippen molar-refractivity contribution in [2.75, 3.05) is 26.0 Å². The number of nitro groups is 1. The number of carbonyl (C=O) groups excluding carboxylic acids is 1. The van der Waals surface area contributed by atoms with Gasteiger partial charge in [-0.25, -0.2) is 4.68 Å². The first-order valence-corrected chi connectivity index (χ1v) is 6.41. The van der Waals surface area contributed by atoms with Crippen molar-refractivity contribution in [1.29, 1.82) is 0 Å². The minimum atomic E-state index is -0.432. The molecule has 0 atom stereocenters. The van der Waals surface area contributed by atoms with E-state index in [1.807, 2.05) is 13.8 Å². The number of nitrogens with zero attached hydrogens (tertiary/aromatic N) is 4. The van der Waals surface area contributed by atoms with E-state index in [4.69, 9.17) is 0 Å². The van der Waals surface area contributed by atoms with Crippen LogP contribution in [0.2, 0.25) is 0 Å². The molecule has 112 valence electrons. The minimum absolute atomic E-state index is 0.0141. The molecule has 0 saturated carbocycles. The fraction of sp³-hybridized carbons (Fsp3) is 0.667. The second kappa shape index (κ2) is 6.36. The van der Waals surface area contributed by atoms with Gasteiger partial charge in [-0.15, -0.1) is 0 Å². The monoisotopic (exact) mass is 283 g/mol. The number of aromatic nitrogens is 2. The molecule has 1 aromatic heterocycles. The molecule has 8 heteroatoms. The molecule has 0 spiro atoms. The third-order valence-electron chi connectivity index (χ3n) is 2.91. The highest BCUT2D eigenvalue weighted by molar-refractivity contribution is 5.76. The Kier molecular flexibility index (Phi) is 5.06. The van der Waals surface area contributed by atoms with Crippen LogP contribution >= 0.6 is 0 Å². The molecular weight excluding hydrogens is 262 g/mol. The maximum absolute atomic E-state index is 11.5. The number of amides is 1. The molecule has 1 aromatic rings. The van der Waals surface area contributed by atoms with Gasteiger partial charge in [0.05, 0.1) is 4.92 Å². The van der Waals surface area contributed by atoms with Gasteiger partial charge in [0.25, 0.3) is 0 Å². The molecule has 0 aliphatic rings. The number of hydrogen-bond acceptors (Lipinski definition) is 5. The third kappa shape index (κ3) is 3.46. The molecule has 0 radical (unpaired) electrons. The number of anilines is 1. The molecule has 0 saturated heterocycles. The van der Waals surface area contributed by atoms with Crippen LogP contribution in [0.25, 0.3) is 0 Å². The molecule has 1 rings (SSSR count). The van der Waals surface area contributed by atoms with Crippen LogP contribution < -0.4 is 5.32 Å². The van der Waals surface area contributed by atoms with Gasteiger partial charge in [-0.2, -0.15) is 5.10 Å². The lowest BCUT2D eigenvalue weighted by molar-refractivity contribution is -0.384. The Morgan fingerprint density at radius 2 is 2.10 bits per heavy atom. The first kappa shape index (κ1) is 15.9. The summed E-state index contributed by atoms with van der Waals surface area (Å²) in [5.41, 5.74) is 0.429. The number of aryl methyl sites for hydroxylation is 1. The number of nitrogens with one attached hydrogen (secondary N) is 1. The standard InChI is InChI=1S/C12H21N5O3/c1-8(2)10-11(17(19)20)12(16(5)14-10)13-7-6-9(18)15(3)4/h8,13H,6-7H2,1-5H3. The average molecular weight is 283 g/mol. The lowest BCUT2D eigenvalue weighted by Gasteiger charge is -2.10. The van der Waals surface area contributed by atoms with Crippen molar-refractivity contribution >= 4 is 17.4 Å². The van der Waals surface area contributed by atoms with Crippen molar-refractivity contribution < 1.29 is 9.72 Å². The summed E-state index contributed by atoms with van der Waals surface area (Å²) in [6.07, 6.45) is 0.270. The van der Waals surface area contributed by atoms with Gasteiger partial charge < -0.3 is 10.2 Å². The summed E-state index contributed by atoms with van der Waals surface area (Å²) < 4.78 is 1.45. The van der Waals surface area contributed by atoms with E-state index in [-0.39, 0.29) is 23.9 Å². The zero-order chi connectivity index (χ0) is 15.4. The second-order valence-corrected chi connectivity index (χ2v) is 5.08. The smallest absolute Gasteiger partial charge is 0.334 e. The molecule has 0 aromatic carbocycles. The fourth-order valence-electron chi connectivity index (χ4n) is 1.81. The number of rotatable bonds is 6. The molecule has 0 fully saturated rings. The summed E-state index contributed by atoms with van der Waals surface area (Å²) >= 11 is 0. The average Bonchev–Trinajstić information content (AvgIpc) is 2.66. The van der Waals surface area contributed by atoms with Crippen molar-refractivity contribution in [3.63, 3.8) is 0 Å². The summed E-state index contributed by atoms with van der Waals surface area (Å²) in [5, 5.41) is 18.3. The molecule has 1 heterocycles. The maximum Gasteiger partial charge on any atom is 0.334 e. The van der Waals surface area contributed by atoms with Gasteiger partial charge in [-0.1, -0.05) is 13.8 Å². The van der Waals surface area contributed by atoms with E-state index >= 15 is 0 Å². The van der Waals surface area contributed by atoms with Gasteiger partial charge in [0.1, 0.15) is 5.69 Å². The van der Waals surface area contributed by atoms with Crippen molar-refractivity contribution in [3.05, 3.63) is 15.8 Å². The van der Waals surface area contributed by atoms with Crippen molar-refractivity contribution in [2.45, 2.75) is 26.2 Å². The summed E-state index contributed by atoms with van der Waals surface area (Å²) in [6, 6.07) is 0. The molecule has 20 heavy (non-hydrogen) atoms. The summed E-state index contributed by atoms with van der Waals surface area (Å²) in [6.45, 7) is 4.04. The molecular formula is C12H21N5O3. The normalized spacial score (nSPS) is 10.7. The van der Waals surface area contributed by atoms with Crippen LogP contribution in [0.1, 0.15) is 31.9 Å². The Morgan fingerprint density at radius 1 is 1.50 bits per heavy atom. The van der Waals surface area contributed by atoms with Crippen LogP contribution in [0.5, 0.6) is 0 Å². The van der Waals surface area contributed by atoms with Crippen LogP contribution in [-0.4, -0.2) is 46.2 Å². The van der Waals surface area contributed by atoms with Gasteiger partial charge in [0.2, 0.25) is 11.7 Å². The first-order chi connectivity index (χ1) is 9.25. The van der Waals surface area contributed by atoms with Gasteiger partial charge in [0, 0.05) is 40.0 Å². The Bertz CT molecular complexity index is 507. The van der Waals surface area contributed by atoms with E-state index in [2.05, 4.69) is 10.4 Å². The third-order valence-corrected chi connectivity index (χ3v) is 2.91. The quantitative estimate of drug-likeness (QED) is 0.628. The Morgan fingerprint density at radius 3 is 2.55 bits per heavy atom. The lowest BCUT2D eigenvalue weighted by atomic mass is 10.1. The molecule has 1 amide bonds. The zero-order valence-corrected chi connectivity index (χ0v) is 12.5. The van der Waals surface area contributed by atoms with E-state index in [9.17, 15) is 14.9 Å². The second-order valence-electron chi connectivity index (χ2n) is 5.08. The van der Waals surface area contributed by atoms with Crippen LogP contribution in [0.4, 0.5) is 11.5 Å². The van der Waals surface area contributed by atoms with Gasteiger partial charge in [-0.3, -0.25) is 14.9 Å². The van der Waals surface area contributed by atoms with Crippen LogP contribution in [0, 0.1) is 10.1 Å². The molecule has 0 unspecified atom stereocenters. The van der Waals surface area contributed by atoms with Crippen LogP contribution in [0.3, 0.4) is 0 Å². The van der Waals surface area contributed by atoms with Gasteiger partial charge >= 0.3 is 5.69 Å². The number of carbonyl (C=O) groups is 1. The van der Waals surface area contributed by atoms with E-state index in [1.54, 1.807) is 21.1 Å². The van der Waals surface area contributed by atoms with Crippen molar-refractivity contribution in [1.82, 2.24) is 14.7 Å². The molecule has 0 aliphatic heterocycles. The highest BCUT2D eigenvalue weighted by Crippen LogP contribution is 2.32. The highest BCUT2D eigenvalue weighted by atomic mass is 16.6. The van der Waals surface area contributed by atoms with Crippen molar-refractivity contribution in [3.8, 4) is 0 Å². The summed E-state index contributed by atoms with van der Waals surface area (Å²) in [4.78, 5) is 23.7. The minimum Gasteiger partial charge on any atom is -0.364 e. The molecule has 0 aliphatic carbocycles. The lowest BCUT2D eigenvalue weighted by Crippen LogP contribution is -2.24. The van der Waals surface area contributed by atoms with E-state index < -0.39 is 4.92 Å². The SMILES string of the molecule is CC(C)c1nn(C)c(NCCC(=O)N(C)C)c1[N+](=O)[O-]. The summed E-state index contributed by atoms with van der Waals surface area (Å²) in [5.74, 6) is 0.261. The number of hydrogen-bond donors (Lipinski definition) is 1. The van der Waals surface area contributed by atoms with Crippen LogP contribution in [-0.2, 0) is 11.8 Å². The predicted octanol–water partition coefficient (Wildman–Crippen LogP) is 1.34. The maximum atomic E-state index is 11.5. The van der Waals surface area contributed by atoms with E-state index in [0.29, 0.717) is 18.1 Å². The predicted molar refractivity (Wildman–Crippen MR) is 75.8 cm³/mol. The largest absolute Gasteiger partial charge is 0.364 e. The Balaban J connectivity index is 2.89.